The van der Waals surface area contributed by atoms with Crippen LogP contribution in [-0.4, -0.2) is 36.4 Å². The predicted molar refractivity (Wildman–Crippen MR) is 141 cm³/mol. The van der Waals surface area contributed by atoms with Crippen LogP contribution in [0, 0.1) is 0 Å². The third-order valence-electron chi connectivity index (χ3n) is 6.69. The second-order valence-corrected chi connectivity index (χ2v) is 11.2. The zero-order valence-corrected chi connectivity index (χ0v) is 21.3. The first-order valence-corrected chi connectivity index (χ1v) is 14.0. The summed E-state index contributed by atoms with van der Waals surface area (Å²) in [7, 11) is -1.99. The lowest BCUT2D eigenvalue weighted by Crippen LogP contribution is -2.30. The Labute approximate surface area is 211 Å². The molecule has 0 bridgehead atoms. The van der Waals surface area contributed by atoms with E-state index in [0.29, 0.717) is 22.6 Å². The summed E-state index contributed by atoms with van der Waals surface area (Å²) in [5.41, 5.74) is 3.16. The largest absolute Gasteiger partial charge is 0.495 e. The number of benzene rings is 1. The molecule has 1 aliphatic heterocycles. The van der Waals surface area contributed by atoms with Gasteiger partial charge >= 0.3 is 0 Å². The van der Waals surface area contributed by atoms with E-state index in [1.54, 1.807) is 18.3 Å². The first kappa shape index (κ1) is 23.6. The molecular formula is C25H29N5O3S2. The van der Waals surface area contributed by atoms with Crippen molar-refractivity contribution in [2.75, 3.05) is 23.0 Å². The van der Waals surface area contributed by atoms with E-state index in [2.05, 4.69) is 42.8 Å². The van der Waals surface area contributed by atoms with Crippen molar-refractivity contribution in [2.24, 2.45) is 0 Å². The van der Waals surface area contributed by atoms with Gasteiger partial charge in [0.05, 0.1) is 30.8 Å². The van der Waals surface area contributed by atoms with Crippen LogP contribution < -0.4 is 19.7 Å². The molecule has 184 valence electrons. The number of nitrogens with one attached hydrogen (secondary N) is 2. The van der Waals surface area contributed by atoms with Crippen LogP contribution in [0.25, 0.3) is 0 Å². The first-order valence-electron chi connectivity index (χ1n) is 11.7. The van der Waals surface area contributed by atoms with E-state index in [4.69, 9.17) is 17.0 Å². The van der Waals surface area contributed by atoms with Crippen LogP contribution in [0.15, 0.2) is 60.9 Å². The van der Waals surface area contributed by atoms with Gasteiger partial charge in [-0.1, -0.05) is 18.9 Å². The Hall–Kier alpha value is -3.11. The number of ether oxygens (including phenoxy) is 1. The van der Waals surface area contributed by atoms with E-state index in [-0.39, 0.29) is 12.1 Å². The van der Waals surface area contributed by atoms with Gasteiger partial charge in [-0.25, -0.2) is 8.42 Å². The fourth-order valence-corrected chi connectivity index (χ4v) is 6.14. The lowest BCUT2D eigenvalue weighted by Gasteiger charge is -2.30. The molecule has 10 heteroatoms. The minimum absolute atomic E-state index is 0.174. The van der Waals surface area contributed by atoms with E-state index >= 15 is 0 Å². The molecule has 1 saturated heterocycles. The first-order chi connectivity index (χ1) is 16.9. The molecule has 0 radical (unpaired) electrons. The molecule has 0 amide bonds. The van der Waals surface area contributed by atoms with Gasteiger partial charge in [-0.2, -0.15) is 0 Å². The summed E-state index contributed by atoms with van der Waals surface area (Å²) in [4.78, 5) is 6.69. The number of pyridine rings is 1. The highest BCUT2D eigenvalue weighted by Crippen LogP contribution is 2.45. The third-order valence-corrected chi connectivity index (χ3v) is 7.59. The van der Waals surface area contributed by atoms with E-state index in [9.17, 15) is 8.42 Å². The molecule has 2 aliphatic rings. The van der Waals surface area contributed by atoms with Gasteiger partial charge in [0.15, 0.2) is 5.11 Å². The lowest BCUT2D eigenvalue weighted by molar-refractivity contribution is 0.417. The Bertz CT molecular complexity index is 1320. The molecule has 2 atom stereocenters. The highest BCUT2D eigenvalue weighted by atomic mass is 32.2. The number of aromatic nitrogens is 2. The topological polar surface area (TPSA) is 88.5 Å². The highest BCUT2D eigenvalue weighted by Gasteiger charge is 2.42. The van der Waals surface area contributed by atoms with Gasteiger partial charge < -0.3 is 19.5 Å². The zero-order chi connectivity index (χ0) is 24.6. The average molecular weight is 512 g/mol. The molecule has 5 rings (SSSR count). The zero-order valence-electron chi connectivity index (χ0n) is 19.7. The van der Waals surface area contributed by atoms with Crippen molar-refractivity contribution in [1.29, 1.82) is 0 Å². The van der Waals surface area contributed by atoms with E-state index in [1.165, 1.54) is 20.0 Å². The van der Waals surface area contributed by atoms with Crippen molar-refractivity contribution in [3.8, 4) is 5.75 Å². The Balaban J connectivity index is 1.63. The third kappa shape index (κ3) is 4.72. The number of sulfonamides is 1. The standard InChI is InChI=1S/C25H29N5O3S2/c1-33-22-13-12-18(16-20(22)28-35(2,31)32)30-24(21-11-7-15-29(21)17-8-3-4-9-17)23(27-25(30)34)19-10-5-6-14-26-19/h5-7,10-17,23-24,28H,3-4,8-9H2,1-2H3,(H,27,34)/t23-,24+/m1/s1. The normalized spacial score (nSPS) is 20.7. The Morgan fingerprint density at radius 3 is 2.63 bits per heavy atom. The molecule has 3 aromatic rings. The molecule has 1 aromatic carbocycles. The van der Waals surface area contributed by atoms with Gasteiger partial charge in [0, 0.05) is 29.8 Å². The molecule has 2 fully saturated rings. The molecule has 0 spiro atoms. The van der Waals surface area contributed by atoms with Gasteiger partial charge in [0.2, 0.25) is 10.0 Å². The van der Waals surface area contributed by atoms with Crippen molar-refractivity contribution < 1.29 is 13.2 Å². The molecule has 1 aliphatic carbocycles. The predicted octanol–water partition coefficient (Wildman–Crippen LogP) is 4.56. The second-order valence-electron chi connectivity index (χ2n) is 9.03. The van der Waals surface area contributed by atoms with Gasteiger partial charge in [-0.3, -0.25) is 9.71 Å². The monoisotopic (exact) mass is 511 g/mol. The van der Waals surface area contributed by atoms with Crippen molar-refractivity contribution >= 4 is 38.7 Å². The van der Waals surface area contributed by atoms with E-state index in [0.717, 1.165) is 36.2 Å². The number of nitrogens with zero attached hydrogens (tertiary/aromatic N) is 3. The summed E-state index contributed by atoms with van der Waals surface area (Å²) >= 11 is 5.85. The molecular weight excluding hydrogens is 482 g/mol. The fraction of sp³-hybridized carbons (Fsp3) is 0.360. The van der Waals surface area contributed by atoms with Crippen molar-refractivity contribution in [2.45, 2.75) is 43.8 Å². The lowest BCUT2D eigenvalue weighted by atomic mass is 10.00. The summed E-state index contributed by atoms with van der Waals surface area (Å²) in [5.74, 6) is 0.435. The summed E-state index contributed by atoms with van der Waals surface area (Å²) < 4.78 is 34.4. The molecule has 3 heterocycles. The number of hydrogen-bond donors (Lipinski definition) is 2. The molecule has 0 unspecified atom stereocenters. The maximum atomic E-state index is 12.0. The molecule has 2 aromatic heterocycles. The van der Waals surface area contributed by atoms with Crippen molar-refractivity contribution in [3.05, 3.63) is 72.3 Å². The minimum atomic E-state index is -3.50. The molecule has 1 saturated carbocycles. The van der Waals surface area contributed by atoms with E-state index in [1.807, 2.05) is 24.3 Å². The number of thiocarbonyl (C=S) groups is 1. The van der Waals surface area contributed by atoms with Gasteiger partial charge in [0.25, 0.3) is 0 Å². The fourth-order valence-electron chi connectivity index (χ4n) is 5.23. The van der Waals surface area contributed by atoms with Crippen molar-refractivity contribution in [3.63, 3.8) is 0 Å². The van der Waals surface area contributed by atoms with Crippen molar-refractivity contribution in [1.82, 2.24) is 14.9 Å². The number of rotatable bonds is 7. The number of methoxy groups -OCH3 is 1. The number of anilines is 2. The van der Waals surface area contributed by atoms with Crippen LogP contribution in [0.5, 0.6) is 5.75 Å². The highest BCUT2D eigenvalue weighted by molar-refractivity contribution is 7.92. The van der Waals surface area contributed by atoms with Gasteiger partial charge in [-0.05, 0) is 67.5 Å². The average Bonchev–Trinajstić information content (AvgIpc) is 3.58. The van der Waals surface area contributed by atoms with Crippen LogP contribution in [0.2, 0.25) is 0 Å². The van der Waals surface area contributed by atoms with E-state index < -0.39 is 10.0 Å². The summed E-state index contributed by atoms with van der Waals surface area (Å²) in [6.45, 7) is 0. The summed E-state index contributed by atoms with van der Waals surface area (Å²) in [5, 5.41) is 4.04. The maximum absolute atomic E-state index is 12.0. The quantitative estimate of drug-likeness (QED) is 0.450. The van der Waals surface area contributed by atoms with Crippen LogP contribution in [-0.2, 0) is 10.0 Å². The molecule has 35 heavy (non-hydrogen) atoms. The van der Waals surface area contributed by atoms with Crippen LogP contribution in [0.4, 0.5) is 11.4 Å². The van der Waals surface area contributed by atoms with Gasteiger partial charge in [0.1, 0.15) is 11.8 Å². The molecule has 8 nitrogen and oxygen atoms in total. The molecule has 2 N–H and O–H groups in total. The summed E-state index contributed by atoms with van der Waals surface area (Å²) in [6.07, 6.45) is 9.85. The van der Waals surface area contributed by atoms with Gasteiger partial charge in [-0.15, -0.1) is 0 Å². The van der Waals surface area contributed by atoms with Crippen LogP contribution in [0.1, 0.15) is 55.2 Å². The number of hydrogen-bond acceptors (Lipinski definition) is 5. The maximum Gasteiger partial charge on any atom is 0.229 e. The van der Waals surface area contributed by atoms with Crippen LogP contribution in [0.3, 0.4) is 0 Å². The van der Waals surface area contributed by atoms with Crippen LogP contribution >= 0.6 is 12.2 Å². The Morgan fingerprint density at radius 2 is 1.94 bits per heavy atom. The SMILES string of the molecule is COc1ccc(N2C(=S)N[C@H](c3ccccn3)[C@@H]2c2cccn2C2CCCC2)cc1NS(C)(=O)=O. The summed E-state index contributed by atoms with van der Waals surface area (Å²) in [6, 6.07) is 15.7. The smallest absolute Gasteiger partial charge is 0.229 e. The Morgan fingerprint density at radius 1 is 1.14 bits per heavy atom. The second kappa shape index (κ2) is 9.50. The Kier molecular flexibility index (Phi) is 6.41. The minimum Gasteiger partial charge on any atom is -0.495 e.